The topological polar surface area (TPSA) is 96.3 Å². The molecule has 0 bridgehead atoms. The van der Waals surface area contributed by atoms with Gasteiger partial charge in [-0.05, 0) is 63.4 Å². The van der Waals surface area contributed by atoms with Crippen molar-refractivity contribution >= 4 is 11.9 Å². The third-order valence-electron chi connectivity index (χ3n) is 7.09. The Morgan fingerprint density at radius 2 is 1.91 bits per heavy atom. The second-order valence-electron chi connectivity index (χ2n) is 9.46. The van der Waals surface area contributed by atoms with Crippen molar-refractivity contribution in [2.75, 3.05) is 6.54 Å². The third kappa shape index (κ3) is 3.41. The minimum absolute atomic E-state index is 0.0274. The zero-order valence-corrected chi connectivity index (χ0v) is 18.2. The van der Waals surface area contributed by atoms with E-state index in [2.05, 4.69) is 0 Å². The fraction of sp³-hybridized carbons (Fsp3) is 0.440. The fourth-order valence-corrected chi connectivity index (χ4v) is 5.47. The number of aromatic carboxylic acids is 1. The Morgan fingerprint density at radius 1 is 1.12 bits per heavy atom. The lowest BCUT2D eigenvalue weighted by Crippen LogP contribution is -2.60. The molecule has 0 spiro atoms. The number of hydrogen-bond acceptors (Lipinski definition) is 5. The Bertz CT molecular complexity index is 1080. The van der Waals surface area contributed by atoms with Crippen LogP contribution in [0.25, 0.3) is 0 Å². The van der Waals surface area contributed by atoms with Gasteiger partial charge in [-0.1, -0.05) is 6.07 Å². The molecule has 0 saturated carbocycles. The molecule has 2 fully saturated rings. The van der Waals surface area contributed by atoms with Gasteiger partial charge in [-0.3, -0.25) is 4.79 Å². The van der Waals surface area contributed by atoms with Gasteiger partial charge in [0.15, 0.2) is 0 Å². The molecular weight excluding hydrogens is 410 g/mol. The number of benzene rings is 2. The molecule has 2 N–H and O–H groups in total. The van der Waals surface area contributed by atoms with Crippen molar-refractivity contribution in [2.45, 2.75) is 57.0 Å². The number of rotatable bonds is 2. The first-order valence-electron chi connectivity index (χ1n) is 11.1. The maximum Gasteiger partial charge on any atom is 0.335 e. The predicted molar refractivity (Wildman–Crippen MR) is 116 cm³/mol. The Kier molecular flexibility index (Phi) is 4.89. The summed E-state index contributed by atoms with van der Waals surface area (Å²) in [5.41, 5.74) is 0.883. The van der Waals surface area contributed by atoms with Crippen LogP contribution in [0.2, 0.25) is 0 Å². The van der Waals surface area contributed by atoms with Gasteiger partial charge in [0.25, 0.3) is 5.91 Å². The van der Waals surface area contributed by atoms with Gasteiger partial charge in [0, 0.05) is 29.7 Å². The van der Waals surface area contributed by atoms with Crippen molar-refractivity contribution in [3.05, 3.63) is 59.2 Å². The van der Waals surface area contributed by atoms with Gasteiger partial charge in [-0.25, -0.2) is 4.79 Å². The van der Waals surface area contributed by atoms with Gasteiger partial charge < -0.3 is 24.6 Å². The molecule has 7 nitrogen and oxygen atoms in total. The van der Waals surface area contributed by atoms with E-state index in [1.54, 1.807) is 24.3 Å². The Hall–Kier alpha value is -3.06. The van der Waals surface area contributed by atoms with E-state index in [1.807, 2.05) is 24.8 Å². The third-order valence-corrected chi connectivity index (χ3v) is 7.09. The average molecular weight is 437 g/mol. The van der Waals surface area contributed by atoms with Crippen LogP contribution < -0.4 is 4.74 Å². The van der Waals surface area contributed by atoms with Crippen LogP contribution in [-0.2, 0) is 4.74 Å². The summed E-state index contributed by atoms with van der Waals surface area (Å²) in [6.45, 7) is 4.66. The largest absolute Gasteiger partial charge is 0.508 e. The fourth-order valence-electron chi connectivity index (χ4n) is 5.47. The van der Waals surface area contributed by atoms with Gasteiger partial charge >= 0.3 is 5.97 Å². The van der Waals surface area contributed by atoms with Crippen LogP contribution in [0.3, 0.4) is 0 Å². The molecule has 3 aliphatic heterocycles. The van der Waals surface area contributed by atoms with Crippen molar-refractivity contribution in [1.29, 1.82) is 0 Å². The highest BCUT2D eigenvalue weighted by atomic mass is 16.5. The summed E-state index contributed by atoms with van der Waals surface area (Å²) in [4.78, 5) is 26.6. The van der Waals surface area contributed by atoms with E-state index in [0.29, 0.717) is 17.9 Å². The number of carbonyl (C=O) groups excluding carboxylic acids is 1. The number of hydrogen-bond donors (Lipinski definition) is 2. The number of aromatic hydroxyl groups is 1. The summed E-state index contributed by atoms with van der Waals surface area (Å²) in [5, 5.41) is 19.2. The SMILES string of the molecule is CC1(C)Oc2cc(O)ccc2[C@H]2O[C@H]3CCCN(C(=O)c4cccc(C(=O)O)c4)[C@H]3C[C@@H]21. The smallest absolute Gasteiger partial charge is 0.335 e. The molecule has 1 amide bonds. The molecule has 5 rings (SSSR count). The average Bonchev–Trinajstić information content (AvgIpc) is 2.76. The molecule has 3 heterocycles. The minimum atomic E-state index is -1.05. The van der Waals surface area contributed by atoms with Gasteiger partial charge in [-0.15, -0.1) is 0 Å². The van der Waals surface area contributed by atoms with Crippen LogP contribution in [0.5, 0.6) is 11.5 Å². The number of carboxylic acids is 1. The first kappa shape index (κ1) is 20.8. The highest BCUT2D eigenvalue weighted by Crippen LogP contribution is 2.53. The quantitative estimate of drug-likeness (QED) is 0.737. The molecule has 3 aliphatic rings. The number of fused-ring (bicyclic) bond motifs is 4. The van der Waals surface area contributed by atoms with Crippen LogP contribution in [-0.4, -0.2) is 51.3 Å². The monoisotopic (exact) mass is 437 g/mol. The normalized spacial score (nSPS) is 28.0. The maximum atomic E-state index is 13.4. The molecule has 2 saturated heterocycles. The molecule has 32 heavy (non-hydrogen) atoms. The van der Waals surface area contributed by atoms with Crippen LogP contribution in [0.1, 0.15) is 65.5 Å². The van der Waals surface area contributed by atoms with Crippen LogP contribution in [0.4, 0.5) is 0 Å². The van der Waals surface area contributed by atoms with Crippen LogP contribution >= 0.6 is 0 Å². The Morgan fingerprint density at radius 3 is 2.69 bits per heavy atom. The van der Waals surface area contributed by atoms with E-state index in [4.69, 9.17) is 9.47 Å². The number of carbonyl (C=O) groups is 2. The second kappa shape index (κ2) is 7.52. The molecular formula is C25H27NO6. The van der Waals surface area contributed by atoms with E-state index >= 15 is 0 Å². The molecule has 168 valence electrons. The summed E-state index contributed by atoms with van der Waals surface area (Å²) in [6, 6.07) is 11.3. The number of ether oxygens (including phenoxy) is 2. The van der Waals surface area contributed by atoms with E-state index < -0.39 is 11.6 Å². The van der Waals surface area contributed by atoms with Crippen molar-refractivity contribution in [1.82, 2.24) is 4.90 Å². The Labute approximate surface area is 186 Å². The van der Waals surface area contributed by atoms with Gasteiger partial charge in [-0.2, -0.15) is 0 Å². The van der Waals surface area contributed by atoms with Crippen LogP contribution in [0.15, 0.2) is 42.5 Å². The maximum absolute atomic E-state index is 13.4. The lowest BCUT2D eigenvalue weighted by Gasteiger charge is -2.54. The molecule has 0 aliphatic carbocycles. The second-order valence-corrected chi connectivity index (χ2v) is 9.46. The van der Waals surface area contributed by atoms with E-state index in [-0.39, 0.29) is 41.4 Å². The highest BCUT2D eigenvalue weighted by molar-refractivity contribution is 5.97. The number of nitrogens with zero attached hydrogens (tertiary/aromatic N) is 1. The summed E-state index contributed by atoms with van der Waals surface area (Å²) in [5.74, 6) is -0.385. The first-order valence-corrected chi connectivity index (χ1v) is 11.1. The summed E-state index contributed by atoms with van der Waals surface area (Å²) in [7, 11) is 0. The predicted octanol–water partition coefficient (Wildman–Crippen LogP) is 4.01. The molecule has 7 heteroatoms. The standard InChI is InChI=1S/C25H27NO6/c1-25(2)18-13-19-20(31-22(18)17-9-8-16(27)12-21(17)32-25)7-4-10-26(19)23(28)14-5-3-6-15(11-14)24(29)30/h3,5-6,8-9,11-12,18-20,22,27H,4,7,10,13H2,1-2H3,(H,29,30)/t18-,19-,20-,22+/m0/s1. The molecule has 0 unspecified atom stereocenters. The van der Waals surface area contributed by atoms with Crippen molar-refractivity contribution < 1.29 is 29.3 Å². The number of amides is 1. The summed E-state index contributed by atoms with van der Waals surface area (Å²) in [6.07, 6.45) is 2.15. The van der Waals surface area contributed by atoms with E-state index in [0.717, 1.165) is 24.8 Å². The minimum Gasteiger partial charge on any atom is -0.508 e. The first-order chi connectivity index (χ1) is 15.2. The summed E-state index contributed by atoms with van der Waals surface area (Å²) < 4.78 is 12.9. The van der Waals surface area contributed by atoms with Gasteiger partial charge in [0.05, 0.1) is 23.8 Å². The molecule has 2 aromatic carbocycles. The lowest BCUT2D eigenvalue weighted by atomic mass is 9.72. The number of phenolic OH excluding ortho intramolecular Hbond substituents is 1. The number of likely N-dealkylation sites (tertiary alicyclic amines) is 1. The molecule has 0 aromatic heterocycles. The van der Waals surface area contributed by atoms with Gasteiger partial charge in [0.1, 0.15) is 17.1 Å². The van der Waals surface area contributed by atoms with Crippen LogP contribution in [0, 0.1) is 5.92 Å². The number of piperidine rings is 1. The highest BCUT2D eigenvalue weighted by Gasteiger charge is 2.52. The van der Waals surface area contributed by atoms with E-state index in [9.17, 15) is 19.8 Å². The zero-order chi connectivity index (χ0) is 22.6. The van der Waals surface area contributed by atoms with Crippen molar-refractivity contribution in [3.63, 3.8) is 0 Å². The molecule has 4 atom stereocenters. The number of carboxylic acid groups (broad SMARTS) is 1. The Balaban J connectivity index is 1.46. The number of phenols is 1. The lowest BCUT2D eigenvalue weighted by molar-refractivity contribution is -0.183. The molecule has 0 radical (unpaired) electrons. The molecule has 2 aromatic rings. The zero-order valence-electron chi connectivity index (χ0n) is 18.2. The van der Waals surface area contributed by atoms with Crippen molar-refractivity contribution in [3.8, 4) is 11.5 Å². The van der Waals surface area contributed by atoms with Crippen molar-refractivity contribution in [2.24, 2.45) is 5.92 Å². The van der Waals surface area contributed by atoms with E-state index in [1.165, 1.54) is 12.1 Å². The van der Waals surface area contributed by atoms with Gasteiger partial charge in [0.2, 0.25) is 0 Å². The summed E-state index contributed by atoms with van der Waals surface area (Å²) >= 11 is 0.